The molecule has 0 radical (unpaired) electrons. The molecular weight excluding hydrogens is 240 g/mol. The zero-order chi connectivity index (χ0) is 14.1. The van der Waals surface area contributed by atoms with Crippen LogP contribution in [0.25, 0.3) is 6.08 Å². The highest BCUT2D eigenvalue weighted by Crippen LogP contribution is 1.99. The Kier molecular flexibility index (Phi) is 6.09. The first-order valence-corrected chi connectivity index (χ1v) is 6.04. The number of aliphatic carboxylic acids is 1. The Morgan fingerprint density at radius 2 is 2.05 bits per heavy atom. The van der Waals surface area contributed by atoms with Gasteiger partial charge in [-0.2, -0.15) is 0 Å². The number of hydrogen-bond acceptors (Lipinski definition) is 2. The predicted octanol–water partition coefficient (Wildman–Crippen LogP) is 0.944. The average molecular weight is 258 g/mol. The van der Waals surface area contributed by atoms with Gasteiger partial charge in [-0.15, -0.1) is 0 Å². The van der Waals surface area contributed by atoms with Gasteiger partial charge < -0.3 is 9.90 Å². The summed E-state index contributed by atoms with van der Waals surface area (Å²) in [7, 11) is 0. The van der Waals surface area contributed by atoms with Crippen molar-refractivity contribution in [2.24, 2.45) is 0 Å². The summed E-state index contributed by atoms with van der Waals surface area (Å²) < 4.78 is 2.17. The molecule has 4 nitrogen and oxygen atoms in total. The minimum Gasteiger partial charge on any atom is -0.550 e. The van der Waals surface area contributed by atoms with Crippen LogP contribution in [0.15, 0.2) is 49.3 Å². The number of aryl methyl sites for hydroxylation is 2. The minimum absolute atomic E-state index is 0.972. The van der Waals surface area contributed by atoms with Crippen molar-refractivity contribution >= 4 is 12.0 Å². The molecule has 1 N–H and O–H groups in total. The number of carboxylic acids is 1. The number of aromatic nitrogens is 2. The van der Waals surface area contributed by atoms with Gasteiger partial charge in [0, 0.05) is 18.5 Å². The standard InChI is InChI=1S/C13H14N2.C2H4O2/c1-2-13-14-9-11-15(13)10-8-12-6-4-3-5-7-12;1-2(3)4/h2-7,9,11H,1,8,10H2;1H3,(H,3,4). The number of nitrogens with one attached hydrogen (secondary N) is 1. The van der Waals surface area contributed by atoms with Gasteiger partial charge >= 0.3 is 0 Å². The van der Waals surface area contributed by atoms with Crippen LogP contribution in [0.5, 0.6) is 0 Å². The summed E-state index contributed by atoms with van der Waals surface area (Å²) in [5.41, 5.74) is 1.36. The summed E-state index contributed by atoms with van der Waals surface area (Å²) in [6, 6.07) is 10.5. The quantitative estimate of drug-likeness (QED) is 0.830. The zero-order valence-corrected chi connectivity index (χ0v) is 11.0. The predicted molar refractivity (Wildman–Crippen MR) is 71.9 cm³/mol. The van der Waals surface area contributed by atoms with Gasteiger partial charge in [0.25, 0.3) is 5.82 Å². The molecule has 100 valence electrons. The summed E-state index contributed by atoms with van der Waals surface area (Å²) in [5.74, 6) is -0.0223. The number of hydrogen-bond donors (Lipinski definition) is 1. The molecule has 0 spiro atoms. The van der Waals surface area contributed by atoms with E-state index < -0.39 is 5.97 Å². The zero-order valence-electron chi connectivity index (χ0n) is 11.0. The molecule has 0 amide bonds. The molecule has 1 heterocycles. The van der Waals surface area contributed by atoms with E-state index in [0.29, 0.717) is 0 Å². The molecule has 0 aliphatic carbocycles. The van der Waals surface area contributed by atoms with Crippen LogP contribution in [0, 0.1) is 0 Å². The Labute approximate surface area is 113 Å². The number of rotatable bonds is 4. The van der Waals surface area contributed by atoms with Crippen LogP contribution in [-0.4, -0.2) is 11.0 Å². The summed E-state index contributed by atoms with van der Waals surface area (Å²) in [5, 5.41) is 8.89. The lowest BCUT2D eigenvalue weighted by atomic mass is 10.1. The third kappa shape index (κ3) is 5.68. The maximum absolute atomic E-state index is 8.89. The van der Waals surface area contributed by atoms with Crippen LogP contribution in [0.2, 0.25) is 0 Å². The second kappa shape index (κ2) is 7.87. The second-order valence-electron chi connectivity index (χ2n) is 3.97. The molecule has 0 atom stereocenters. The lowest BCUT2D eigenvalue weighted by Gasteiger charge is -1.99. The third-order valence-corrected chi connectivity index (χ3v) is 2.47. The summed E-state index contributed by atoms with van der Waals surface area (Å²) in [4.78, 5) is 12.0. The molecule has 1 aromatic heterocycles. The number of benzene rings is 1. The Bertz CT molecular complexity index is 514. The fourth-order valence-corrected chi connectivity index (χ4v) is 1.64. The molecule has 19 heavy (non-hydrogen) atoms. The fourth-order valence-electron chi connectivity index (χ4n) is 1.64. The molecule has 2 rings (SSSR count). The first kappa shape index (κ1) is 14.7. The highest BCUT2D eigenvalue weighted by Gasteiger charge is 2.05. The second-order valence-corrected chi connectivity index (χ2v) is 3.97. The summed E-state index contributed by atoms with van der Waals surface area (Å²) in [6.07, 6.45) is 6.86. The molecular formula is C15H18N2O2. The summed E-state index contributed by atoms with van der Waals surface area (Å²) >= 11 is 0. The molecule has 0 saturated carbocycles. The molecule has 4 heteroatoms. The molecule has 2 aromatic rings. The van der Waals surface area contributed by atoms with Crippen molar-refractivity contribution in [1.29, 1.82) is 0 Å². The van der Waals surface area contributed by atoms with E-state index >= 15 is 0 Å². The molecule has 0 aliphatic rings. The van der Waals surface area contributed by atoms with Crippen molar-refractivity contribution in [2.75, 3.05) is 0 Å². The van der Waals surface area contributed by atoms with E-state index in [0.717, 1.165) is 25.7 Å². The Hall–Kier alpha value is -2.36. The molecule has 0 bridgehead atoms. The lowest BCUT2D eigenvalue weighted by Crippen LogP contribution is -2.35. The first-order valence-electron chi connectivity index (χ1n) is 6.04. The molecule has 0 aliphatic heterocycles. The van der Waals surface area contributed by atoms with Crippen molar-refractivity contribution < 1.29 is 14.5 Å². The maximum atomic E-state index is 8.89. The smallest absolute Gasteiger partial charge is 0.278 e. The lowest BCUT2D eigenvalue weighted by molar-refractivity contribution is -0.696. The Morgan fingerprint density at radius 1 is 1.42 bits per heavy atom. The number of H-pyrrole nitrogens is 1. The molecule has 1 aromatic carbocycles. The van der Waals surface area contributed by atoms with Crippen molar-refractivity contribution in [1.82, 2.24) is 4.98 Å². The number of imidazole rings is 1. The largest absolute Gasteiger partial charge is 0.550 e. The average Bonchev–Trinajstić information content (AvgIpc) is 2.84. The first-order chi connectivity index (χ1) is 9.13. The van der Waals surface area contributed by atoms with E-state index in [1.807, 2.05) is 24.5 Å². The van der Waals surface area contributed by atoms with Gasteiger partial charge in [0.2, 0.25) is 0 Å². The van der Waals surface area contributed by atoms with Crippen LogP contribution in [-0.2, 0) is 17.8 Å². The summed E-state index contributed by atoms with van der Waals surface area (Å²) in [6.45, 7) is 5.72. The van der Waals surface area contributed by atoms with Crippen molar-refractivity contribution in [3.05, 3.63) is 60.7 Å². The Balaban J connectivity index is 0.000000399. The number of nitrogens with zero attached hydrogens (tertiary/aromatic N) is 1. The van der Waals surface area contributed by atoms with Gasteiger partial charge in [0.15, 0.2) is 0 Å². The number of carbonyl (C=O) groups excluding carboxylic acids is 1. The van der Waals surface area contributed by atoms with Crippen LogP contribution in [0.4, 0.5) is 0 Å². The van der Waals surface area contributed by atoms with Crippen molar-refractivity contribution in [3.63, 3.8) is 0 Å². The highest BCUT2D eigenvalue weighted by atomic mass is 16.4. The van der Waals surface area contributed by atoms with E-state index in [2.05, 4.69) is 40.4 Å². The molecule has 0 fully saturated rings. The minimum atomic E-state index is -1.08. The van der Waals surface area contributed by atoms with Gasteiger partial charge in [0.05, 0.1) is 6.54 Å². The molecule has 0 unspecified atom stereocenters. The normalized spacial score (nSPS) is 9.32. The monoisotopic (exact) mass is 258 g/mol. The van der Waals surface area contributed by atoms with Crippen LogP contribution in [0.3, 0.4) is 0 Å². The molecule has 0 saturated heterocycles. The maximum Gasteiger partial charge on any atom is 0.278 e. The van der Waals surface area contributed by atoms with E-state index in [1.54, 1.807) is 0 Å². The van der Waals surface area contributed by atoms with Crippen molar-refractivity contribution in [2.45, 2.75) is 19.9 Å². The SMILES string of the molecule is C=Cc1[nH]cc[n+]1CCc1ccccc1.CC(=O)[O-]. The highest BCUT2D eigenvalue weighted by molar-refractivity contribution is 5.60. The van der Waals surface area contributed by atoms with E-state index in [1.165, 1.54) is 5.56 Å². The van der Waals surface area contributed by atoms with E-state index in [9.17, 15) is 0 Å². The van der Waals surface area contributed by atoms with Crippen LogP contribution < -0.4 is 9.67 Å². The van der Waals surface area contributed by atoms with E-state index in [-0.39, 0.29) is 0 Å². The third-order valence-electron chi connectivity index (χ3n) is 2.47. The van der Waals surface area contributed by atoms with Crippen LogP contribution in [0.1, 0.15) is 18.3 Å². The van der Waals surface area contributed by atoms with E-state index in [4.69, 9.17) is 9.90 Å². The Morgan fingerprint density at radius 3 is 2.63 bits per heavy atom. The fraction of sp³-hybridized carbons (Fsp3) is 0.200. The van der Waals surface area contributed by atoms with Gasteiger partial charge in [0.1, 0.15) is 12.4 Å². The van der Waals surface area contributed by atoms with Gasteiger partial charge in [-0.05, 0) is 12.5 Å². The van der Waals surface area contributed by atoms with Gasteiger partial charge in [-0.25, -0.2) is 9.55 Å². The number of carbonyl (C=O) groups is 1. The van der Waals surface area contributed by atoms with Gasteiger partial charge in [-0.1, -0.05) is 36.9 Å². The van der Waals surface area contributed by atoms with Crippen molar-refractivity contribution in [3.8, 4) is 0 Å². The van der Waals surface area contributed by atoms with Gasteiger partial charge in [-0.3, -0.25) is 0 Å². The number of aromatic amines is 1. The topological polar surface area (TPSA) is 59.8 Å². The van der Waals surface area contributed by atoms with Crippen LogP contribution >= 0.6 is 0 Å². The number of carboxylic acid groups (broad SMARTS) is 1.